The molecular formula is C16H17N3O3S. The quantitative estimate of drug-likeness (QED) is 0.746. The van der Waals surface area contributed by atoms with Gasteiger partial charge in [-0.2, -0.15) is 0 Å². The third-order valence-corrected chi connectivity index (χ3v) is 4.88. The lowest BCUT2D eigenvalue weighted by molar-refractivity contribution is 0.0701. The van der Waals surface area contributed by atoms with E-state index in [1.54, 1.807) is 6.20 Å². The van der Waals surface area contributed by atoms with Crippen LogP contribution in [0.15, 0.2) is 18.3 Å². The lowest BCUT2D eigenvalue weighted by atomic mass is 10.0. The second-order valence-corrected chi connectivity index (χ2v) is 6.50. The van der Waals surface area contributed by atoms with Gasteiger partial charge in [-0.3, -0.25) is 0 Å². The summed E-state index contributed by atoms with van der Waals surface area (Å²) in [5.74, 6) is -0.483. The number of benzene rings is 1. The van der Waals surface area contributed by atoms with Gasteiger partial charge in [0.25, 0.3) is 0 Å². The maximum Gasteiger partial charge on any atom is 0.346 e. The molecule has 2 aromatic heterocycles. The number of fused-ring (bicyclic) bond motifs is 3. The average molecular weight is 331 g/mol. The average Bonchev–Trinajstić information content (AvgIpc) is 2.91. The Balaban J connectivity index is 2.28. The number of rotatable bonds is 5. The van der Waals surface area contributed by atoms with Crippen molar-refractivity contribution in [2.75, 3.05) is 7.11 Å². The number of ether oxygens (including phenoxy) is 1. The van der Waals surface area contributed by atoms with Gasteiger partial charge in [-0.25, -0.2) is 14.8 Å². The molecule has 1 atom stereocenters. The highest BCUT2D eigenvalue weighted by molar-refractivity contribution is 7.21. The molecule has 23 heavy (non-hydrogen) atoms. The number of nitrogens with zero attached hydrogens (tertiary/aromatic N) is 2. The summed E-state index contributed by atoms with van der Waals surface area (Å²) in [5.41, 5.74) is 8.02. The predicted molar refractivity (Wildman–Crippen MR) is 90.4 cm³/mol. The zero-order valence-corrected chi connectivity index (χ0v) is 13.7. The molecule has 0 aliphatic carbocycles. The van der Waals surface area contributed by atoms with Gasteiger partial charge < -0.3 is 15.6 Å². The minimum atomic E-state index is -0.916. The lowest BCUT2D eigenvalue weighted by Crippen LogP contribution is -2.15. The van der Waals surface area contributed by atoms with Crippen LogP contribution < -0.4 is 10.5 Å². The Hall–Kier alpha value is -2.25. The van der Waals surface area contributed by atoms with Crippen LogP contribution in [0.4, 0.5) is 0 Å². The fraction of sp³-hybridized carbons (Fsp3) is 0.312. The third kappa shape index (κ3) is 2.85. The lowest BCUT2D eigenvalue weighted by Gasteiger charge is -2.07. The topological polar surface area (TPSA) is 98.3 Å². The number of methoxy groups -OCH3 is 1. The van der Waals surface area contributed by atoms with Crippen LogP contribution in [0.1, 0.15) is 28.6 Å². The first kappa shape index (κ1) is 15.6. The van der Waals surface area contributed by atoms with Crippen LogP contribution in [0.3, 0.4) is 0 Å². The zero-order chi connectivity index (χ0) is 16.6. The SMILES string of the molecule is COc1cnc2c(ccc3sc(C(=O)O)c(CCC(C)N)c32)n1. The maximum absolute atomic E-state index is 11.6. The number of aromatic carboxylic acids is 1. The number of aryl methyl sites for hydroxylation is 1. The van der Waals surface area contributed by atoms with Crippen molar-refractivity contribution in [1.82, 2.24) is 9.97 Å². The number of hydrogen-bond acceptors (Lipinski definition) is 6. The molecule has 0 aliphatic rings. The van der Waals surface area contributed by atoms with Gasteiger partial charge in [-0.05, 0) is 37.5 Å². The molecule has 2 heterocycles. The van der Waals surface area contributed by atoms with Crippen molar-refractivity contribution in [3.8, 4) is 5.88 Å². The molecule has 1 aromatic carbocycles. The summed E-state index contributed by atoms with van der Waals surface area (Å²) in [6, 6.07) is 3.73. The molecule has 0 amide bonds. The van der Waals surface area contributed by atoms with Gasteiger partial charge in [0.05, 0.1) is 24.3 Å². The highest BCUT2D eigenvalue weighted by Crippen LogP contribution is 2.36. The van der Waals surface area contributed by atoms with Crippen LogP contribution in [-0.4, -0.2) is 34.2 Å². The zero-order valence-electron chi connectivity index (χ0n) is 12.9. The number of aromatic nitrogens is 2. The maximum atomic E-state index is 11.6. The van der Waals surface area contributed by atoms with Crippen molar-refractivity contribution in [2.24, 2.45) is 5.73 Å². The van der Waals surface area contributed by atoms with E-state index in [0.717, 1.165) is 15.6 Å². The summed E-state index contributed by atoms with van der Waals surface area (Å²) < 4.78 is 6.00. The van der Waals surface area contributed by atoms with Gasteiger partial charge in [0.15, 0.2) is 0 Å². The number of nitrogens with two attached hydrogens (primary N) is 1. The molecule has 0 saturated heterocycles. The first-order chi connectivity index (χ1) is 11.0. The first-order valence-electron chi connectivity index (χ1n) is 7.25. The summed E-state index contributed by atoms with van der Waals surface area (Å²) in [5, 5.41) is 10.4. The number of hydrogen-bond donors (Lipinski definition) is 2. The Morgan fingerprint density at radius 1 is 1.48 bits per heavy atom. The van der Waals surface area contributed by atoms with Crippen molar-refractivity contribution >= 4 is 38.4 Å². The van der Waals surface area contributed by atoms with Gasteiger partial charge in [0.2, 0.25) is 5.88 Å². The van der Waals surface area contributed by atoms with Gasteiger partial charge in [-0.1, -0.05) is 0 Å². The standard InChI is InChI=1S/C16H17N3O3S/c1-8(17)3-4-9-13-11(23-15(9)16(20)21)6-5-10-14(13)18-7-12(19-10)22-2/h5-8H,3-4,17H2,1-2H3,(H,20,21). The van der Waals surface area contributed by atoms with Crippen molar-refractivity contribution in [3.05, 3.63) is 28.8 Å². The fourth-order valence-corrected chi connectivity index (χ4v) is 3.69. The molecule has 0 aliphatic heterocycles. The second-order valence-electron chi connectivity index (χ2n) is 5.45. The molecule has 7 heteroatoms. The van der Waals surface area contributed by atoms with E-state index in [2.05, 4.69) is 9.97 Å². The second kappa shape index (κ2) is 6.10. The number of thiophene rings is 1. The molecule has 3 rings (SSSR count). The van der Waals surface area contributed by atoms with Crippen LogP contribution >= 0.6 is 11.3 Å². The van der Waals surface area contributed by atoms with Crippen molar-refractivity contribution in [1.29, 1.82) is 0 Å². The van der Waals surface area contributed by atoms with Gasteiger partial charge in [0.1, 0.15) is 4.88 Å². The Bertz CT molecular complexity index is 889. The van der Waals surface area contributed by atoms with E-state index in [4.69, 9.17) is 10.5 Å². The molecular weight excluding hydrogens is 314 g/mol. The monoisotopic (exact) mass is 331 g/mol. The van der Waals surface area contributed by atoms with Crippen LogP contribution in [0.25, 0.3) is 21.1 Å². The summed E-state index contributed by atoms with van der Waals surface area (Å²) in [4.78, 5) is 20.8. The smallest absolute Gasteiger partial charge is 0.346 e. The minimum absolute atomic E-state index is 0.00718. The third-order valence-electron chi connectivity index (χ3n) is 3.69. The molecule has 0 radical (unpaired) electrons. The van der Waals surface area contributed by atoms with Crippen molar-refractivity contribution in [3.63, 3.8) is 0 Å². The summed E-state index contributed by atoms with van der Waals surface area (Å²) in [6.45, 7) is 1.91. The Kier molecular flexibility index (Phi) is 4.14. The van der Waals surface area contributed by atoms with Gasteiger partial charge >= 0.3 is 5.97 Å². The largest absolute Gasteiger partial charge is 0.480 e. The Morgan fingerprint density at radius 3 is 2.91 bits per heavy atom. The molecule has 0 saturated carbocycles. The number of carbonyl (C=O) groups is 1. The normalized spacial score (nSPS) is 12.7. The van der Waals surface area contributed by atoms with E-state index in [-0.39, 0.29) is 6.04 Å². The molecule has 3 N–H and O–H groups in total. The Morgan fingerprint density at radius 2 is 2.26 bits per heavy atom. The molecule has 0 bridgehead atoms. The van der Waals surface area contributed by atoms with E-state index in [1.807, 2.05) is 19.1 Å². The fourth-order valence-electron chi connectivity index (χ4n) is 2.59. The van der Waals surface area contributed by atoms with Crippen molar-refractivity contribution in [2.45, 2.75) is 25.8 Å². The highest BCUT2D eigenvalue weighted by Gasteiger charge is 2.20. The molecule has 0 spiro atoms. The van der Waals surface area contributed by atoms with Crippen LogP contribution in [0.2, 0.25) is 0 Å². The van der Waals surface area contributed by atoms with Gasteiger partial charge in [0, 0.05) is 16.1 Å². The molecule has 6 nitrogen and oxygen atoms in total. The molecule has 0 fully saturated rings. The van der Waals surface area contributed by atoms with Crippen LogP contribution in [-0.2, 0) is 6.42 Å². The van der Waals surface area contributed by atoms with E-state index >= 15 is 0 Å². The molecule has 120 valence electrons. The highest BCUT2D eigenvalue weighted by atomic mass is 32.1. The summed E-state index contributed by atoms with van der Waals surface area (Å²) >= 11 is 1.27. The van der Waals surface area contributed by atoms with E-state index in [1.165, 1.54) is 18.4 Å². The summed E-state index contributed by atoms with van der Waals surface area (Å²) in [6.07, 6.45) is 2.87. The van der Waals surface area contributed by atoms with E-state index in [0.29, 0.717) is 34.6 Å². The van der Waals surface area contributed by atoms with Crippen LogP contribution in [0, 0.1) is 0 Å². The summed E-state index contributed by atoms with van der Waals surface area (Å²) in [7, 11) is 1.54. The van der Waals surface area contributed by atoms with E-state index in [9.17, 15) is 9.90 Å². The van der Waals surface area contributed by atoms with Crippen LogP contribution in [0.5, 0.6) is 5.88 Å². The van der Waals surface area contributed by atoms with E-state index < -0.39 is 5.97 Å². The molecule has 1 unspecified atom stereocenters. The number of carboxylic acids is 1. The van der Waals surface area contributed by atoms with Crippen molar-refractivity contribution < 1.29 is 14.6 Å². The predicted octanol–water partition coefficient (Wildman–Crippen LogP) is 2.83. The first-order valence-corrected chi connectivity index (χ1v) is 8.07. The Labute approximate surface area is 136 Å². The number of carboxylic acid groups (broad SMARTS) is 1. The van der Waals surface area contributed by atoms with Gasteiger partial charge in [-0.15, -0.1) is 11.3 Å². The minimum Gasteiger partial charge on any atom is -0.480 e. The molecule has 3 aromatic rings.